The fraction of sp³-hybridized carbons (Fsp3) is 0.800. The van der Waals surface area contributed by atoms with Gasteiger partial charge in [-0.05, 0) is 99.0 Å². The molecule has 160 valence electrons. The molecule has 0 aromatic carbocycles. The molecule has 2 N–H and O–H groups in total. The average Bonchev–Trinajstić information content (AvgIpc) is 3.12. The Bertz CT molecular complexity index is 829. The van der Waals surface area contributed by atoms with Crippen molar-refractivity contribution in [3.8, 4) is 0 Å². The maximum atomic E-state index is 11.4. The van der Waals surface area contributed by atoms with Gasteiger partial charge in [0.2, 0.25) is 0 Å². The van der Waals surface area contributed by atoms with Crippen molar-refractivity contribution in [1.82, 2.24) is 9.78 Å². The minimum Gasteiger partial charge on any atom is -0.393 e. The Hall–Kier alpha value is -1.13. The molecule has 0 bridgehead atoms. The second kappa shape index (κ2) is 6.68. The Morgan fingerprint density at radius 3 is 2.55 bits per heavy atom. The number of aliphatic hydroxyl groups excluding tert-OH is 2. The van der Waals surface area contributed by atoms with E-state index in [1.807, 2.05) is 11.7 Å². The first-order valence-corrected chi connectivity index (χ1v) is 11.8. The molecule has 1 heterocycles. The quantitative estimate of drug-likeness (QED) is 0.733. The summed E-state index contributed by atoms with van der Waals surface area (Å²) in [5, 5.41) is 26.1. The molecule has 4 aliphatic rings. The summed E-state index contributed by atoms with van der Waals surface area (Å²) in [6.07, 6.45) is 13.0. The van der Waals surface area contributed by atoms with Crippen molar-refractivity contribution in [1.29, 1.82) is 0 Å². The van der Waals surface area contributed by atoms with Crippen molar-refractivity contribution in [2.24, 2.45) is 41.5 Å². The van der Waals surface area contributed by atoms with E-state index in [4.69, 9.17) is 0 Å². The molecule has 0 amide bonds. The fourth-order valence-corrected chi connectivity index (χ4v) is 8.19. The van der Waals surface area contributed by atoms with Gasteiger partial charge in [0.15, 0.2) is 0 Å². The van der Waals surface area contributed by atoms with Crippen LogP contribution in [0.15, 0.2) is 11.8 Å². The summed E-state index contributed by atoms with van der Waals surface area (Å²) in [6, 6.07) is 0. The van der Waals surface area contributed by atoms with E-state index in [-0.39, 0.29) is 17.6 Å². The third-order valence-corrected chi connectivity index (χ3v) is 9.90. The molecule has 1 aromatic rings. The summed E-state index contributed by atoms with van der Waals surface area (Å²) < 4.78 is 1.87. The lowest BCUT2D eigenvalue weighted by atomic mass is 9.45. The lowest BCUT2D eigenvalue weighted by Crippen LogP contribution is -2.54. The van der Waals surface area contributed by atoms with Crippen LogP contribution in [0.4, 0.5) is 0 Å². The third kappa shape index (κ3) is 2.89. The van der Waals surface area contributed by atoms with Crippen molar-refractivity contribution in [2.75, 3.05) is 0 Å². The van der Waals surface area contributed by atoms with Crippen LogP contribution in [-0.2, 0) is 7.05 Å². The molecule has 4 heteroatoms. The van der Waals surface area contributed by atoms with Gasteiger partial charge in [-0.15, -0.1) is 0 Å². The van der Waals surface area contributed by atoms with Crippen LogP contribution >= 0.6 is 0 Å². The first-order chi connectivity index (χ1) is 13.7. The summed E-state index contributed by atoms with van der Waals surface area (Å²) in [5.74, 6) is 2.76. The Kier molecular flexibility index (Phi) is 4.57. The van der Waals surface area contributed by atoms with Gasteiger partial charge in [0, 0.05) is 24.2 Å². The lowest BCUT2D eigenvalue weighted by Gasteiger charge is -2.60. The number of nitrogens with zero attached hydrogens (tertiary/aromatic N) is 2. The van der Waals surface area contributed by atoms with E-state index in [9.17, 15) is 10.2 Å². The average molecular weight is 399 g/mol. The molecular formula is C25H38N2O2. The number of hydrogen-bond donors (Lipinski definition) is 2. The van der Waals surface area contributed by atoms with Crippen LogP contribution in [-0.4, -0.2) is 32.2 Å². The molecule has 0 unspecified atom stereocenters. The number of aliphatic hydroxyl groups is 2. The van der Waals surface area contributed by atoms with Gasteiger partial charge >= 0.3 is 0 Å². The summed E-state index contributed by atoms with van der Waals surface area (Å²) in [7, 11) is 1.96. The van der Waals surface area contributed by atoms with E-state index >= 15 is 0 Å². The number of fused-ring (bicyclic) bond motifs is 5. The number of aromatic nitrogens is 2. The largest absolute Gasteiger partial charge is 0.393 e. The molecule has 0 saturated heterocycles. The van der Waals surface area contributed by atoms with Crippen LogP contribution in [0.1, 0.15) is 76.5 Å². The zero-order chi connectivity index (χ0) is 20.6. The van der Waals surface area contributed by atoms with Gasteiger partial charge < -0.3 is 10.2 Å². The molecule has 29 heavy (non-hydrogen) atoms. The number of hydrogen-bond acceptors (Lipinski definition) is 3. The van der Waals surface area contributed by atoms with Gasteiger partial charge in [-0.1, -0.05) is 13.8 Å². The zero-order valence-electron chi connectivity index (χ0n) is 18.6. The highest BCUT2D eigenvalue weighted by Gasteiger charge is 2.61. The molecule has 5 rings (SSSR count). The summed E-state index contributed by atoms with van der Waals surface area (Å²) in [6.45, 7) is 6.94. The number of rotatable bonds is 1. The van der Waals surface area contributed by atoms with E-state index < -0.39 is 0 Å². The molecule has 4 saturated carbocycles. The van der Waals surface area contributed by atoms with Crippen LogP contribution in [0.3, 0.4) is 0 Å². The molecule has 4 nitrogen and oxygen atoms in total. The Morgan fingerprint density at radius 1 is 1.07 bits per heavy atom. The molecule has 4 fully saturated rings. The highest BCUT2D eigenvalue weighted by atomic mass is 16.3. The standard InChI is InChI=1S/C25H38N2O2/c1-15-17(14-27(4)26-15)11-16-12-22-20-6-5-18-13-19(28)7-9-24(18,2)21(20)8-10-25(22,3)23(16)29/h11,14,18-23,28-29H,5-10,12-13H2,1-4H3/b16-11-/t18-,19-,20+,21-,22-,23+,24-,25-/m0/s1. The minimum atomic E-state index is -0.327. The maximum Gasteiger partial charge on any atom is 0.0809 e. The fourth-order valence-electron chi connectivity index (χ4n) is 8.19. The normalized spacial score (nSPS) is 48.3. The van der Waals surface area contributed by atoms with Crippen molar-refractivity contribution >= 4 is 6.08 Å². The molecule has 1 aromatic heterocycles. The highest BCUT2D eigenvalue weighted by Crippen LogP contribution is 2.67. The van der Waals surface area contributed by atoms with Gasteiger partial charge in [0.25, 0.3) is 0 Å². The Balaban J connectivity index is 1.45. The minimum absolute atomic E-state index is 0.0144. The van der Waals surface area contributed by atoms with Gasteiger partial charge in [0.1, 0.15) is 0 Å². The van der Waals surface area contributed by atoms with Crippen LogP contribution in [0.2, 0.25) is 0 Å². The molecule has 4 aliphatic carbocycles. The van der Waals surface area contributed by atoms with Crippen LogP contribution < -0.4 is 0 Å². The monoisotopic (exact) mass is 398 g/mol. The molecule has 0 spiro atoms. The summed E-state index contributed by atoms with van der Waals surface area (Å²) >= 11 is 0. The smallest absolute Gasteiger partial charge is 0.0809 e. The van der Waals surface area contributed by atoms with Crippen LogP contribution in [0.25, 0.3) is 6.08 Å². The molecule has 0 radical (unpaired) electrons. The van der Waals surface area contributed by atoms with Crippen molar-refractivity contribution in [3.05, 3.63) is 23.0 Å². The second-order valence-electron chi connectivity index (χ2n) is 11.3. The van der Waals surface area contributed by atoms with Crippen LogP contribution in [0, 0.1) is 41.4 Å². The summed E-state index contributed by atoms with van der Waals surface area (Å²) in [5.41, 5.74) is 3.82. The molecule has 0 aliphatic heterocycles. The highest BCUT2D eigenvalue weighted by molar-refractivity contribution is 5.56. The second-order valence-corrected chi connectivity index (χ2v) is 11.3. The molecule has 8 atom stereocenters. The van der Waals surface area contributed by atoms with Crippen LogP contribution in [0.5, 0.6) is 0 Å². The van der Waals surface area contributed by atoms with Gasteiger partial charge in [-0.3, -0.25) is 4.68 Å². The summed E-state index contributed by atoms with van der Waals surface area (Å²) in [4.78, 5) is 0. The Morgan fingerprint density at radius 2 is 1.83 bits per heavy atom. The zero-order valence-corrected chi connectivity index (χ0v) is 18.6. The third-order valence-electron chi connectivity index (χ3n) is 9.90. The lowest BCUT2D eigenvalue weighted by molar-refractivity contribution is -0.133. The predicted octanol–water partition coefficient (Wildman–Crippen LogP) is 4.49. The predicted molar refractivity (Wildman–Crippen MR) is 115 cm³/mol. The first kappa shape index (κ1) is 19.8. The molecular weight excluding hydrogens is 360 g/mol. The van der Waals surface area contributed by atoms with Crippen molar-refractivity contribution in [2.45, 2.75) is 84.3 Å². The van der Waals surface area contributed by atoms with E-state index in [1.165, 1.54) is 31.3 Å². The SMILES string of the molecule is Cc1nn(C)cc1/C=C1/C[C@H]2[C@@H]3CC[C@H]4C[C@@H](O)CC[C@]4(C)[C@H]3CC[C@]2(C)[C@@H]1O. The number of aryl methyl sites for hydroxylation is 2. The van der Waals surface area contributed by atoms with E-state index in [0.29, 0.717) is 17.3 Å². The van der Waals surface area contributed by atoms with Gasteiger partial charge in [0.05, 0.1) is 17.9 Å². The van der Waals surface area contributed by atoms with Gasteiger partial charge in [-0.25, -0.2) is 0 Å². The van der Waals surface area contributed by atoms with E-state index in [0.717, 1.165) is 48.8 Å². The first-order valence-electron chi connectivity index (χ1n) is 11.8. The van der Waals surface area contributed by atoms with Crippen molar-refractivity contribution < 1.29 is 10.2 Å². The topological polar surface area (TPSA) is 58.3 Å². The van der Waals surface area contributed by atoms with E-state index in [2.05, 4.69) is 38.1 Å². The van der Waals surface area contributed by atoms with Crippen molar-refractivity contribution in [3.63, 3.8) is 0 Å². The van der Waals surface area contributed by atoms with Gasteiger partial charge in [-0.2, -0.15) is 5.10 Å². The Labute approximate surface area is 175 Å². The maximum absolute atomic E-state index is 11.4. The van der Waals surface area contributed by atoms with E-state index in [1.54, 1.807) is 0 Å².